The van der Waals surface area contributed by atoms with Crippen molar-refractivity contribution in [2.24, 2.45) is 0 Å². The number of ketones is 1. The lowest BCUT2D eigenvalue weighted by Crippen LogP contribution is -2.39. The maximum atomic E-state index is 13.0. The van der Waals surface area contributed by atoms with Crippen LogP contribution in [0.3, 0.4) is 0 Å². The smallest absolute Gasteiger partial charge is 0.416 e. The molecule has 0 saturated carbocycles. The zero-order valence-corrected chi connectivity index (χ0v) is 14.6. The Hall–Kier alpha value is -2.83. The fraction of sp³-hybridized carbons (Fsp3) is 0.300. The van der Waals surface area contributed by atoms with E-state index in [4.69, 9.17) is 4.74 Å². The van der Waals surface area contributed by atoms with Crippen LogP contribution in [0.1, 0.15) is 30.0 Å². The summed E-state index contributed by atoms with van der Waals surface area (Å²) in [6.07, 6.45) is -4.91. The van der Waals surface area contributed by atoms with Crippen molar-refractivity contribution in [2.75, 3.05) is 4.90 Å². The van der Waals surface area contributed by atoms with Gasteiger partial charge in [0.2, 0.25) is 0 Å². The van der Waals surface area contributed by atoms with Gasteiger partial charge in [-0.25, -0.2) is 4.79 Å². The van der Waals surface area contributed by atoms with Crippen molar-refractivity contribution >= 4 is 17.6 Å². The Kier molecular flexibility index (Phi) is 5.21. The van der Waals surface area contributed by atoms with Crippen molar-refractivity contribution in [1.29, 1.82) is 0 Å². The number of rotatable bonds is 4. The molecule has 0 radical (unpaired) electrons. The number of amides is 1. The number of nitrogens with zero attached hydrogens (tertiary/aromatic N) is 1. The lowest BCUT2D eigenvalue weighted by Gasteiger charge is -2.24. The van der Waals surface area contributed by atoms with E-state index in [1.807, 2.05) is 18.2 Å². The molecule has 0 N–H and O–H groups in total. The van der Waals surface area contributed by atoms with E-state index >= 15 is 0 Å². The molecule has 2 aromatic carbocycles. The minimum absolute atomic E-state index is 0.0406. The second kappa shape index (κ2) is 7.42. The molecule has 0 spiro atoms. The molecule has 142 valence electrons. The molecule has 0 bridgehead atoms. The summed E-state index contributed by atoms with van der Waals surface area (Å²) in [4.78, 5) is 25.5. The summed E-state index contributed by atoms with van der Waals surface area (Å²) in [6, 6.07) is 11.7. The third-order valence-electron chi connectivity index (χ3n) is 4.41. The molecule has 0 saturated heterocycles. The Labute approximate surface area is 154 Å². The summed E-state index contributed by atoms with van der Waals surface area (Å²) in [6.45, 7) is 1.43. The number of hydrogen-bond acceptors (Lipinski definition) is 3. The first-order valence-electron chi connectivity index (χ1n) is 8.45. The van der Waals surface area contributed by atoms with E-state index in [0.29, 0.717) is 11.3 Å². The number of benzene rings is 2. The molecule has 7 heteroatoms. The Morgan fingerprint density at radius 2 is 1.85 bits per heavy atom. The van der Waals surface area contributed by atoms with Gasteiger partial charge >= 0.3 is 12.3 Å². The summed E-state index contributed by atoms with van der Waals surface area (Å²) >= 11 is 0. The molecule has 1 atom stereocenters. The number of alkyl halides is 3. The van der Waals surface area contributed by atoms with Crippen LogP contribution in [0.15, 0.2) is 48.5 Å². The monoisotopic (exact) mass is 377 g/mol. The molecule has 2 aromatic rings. The fourth-order valence-electron chi connectivity index (χ4n) is 3.23. The Morgan fingerprint density at radius 3 is 2.48 bits per heavy atom. The molecule has 0 aliphatic carbocycles. The van der Waals surface area contributed by atoms with Gasteiger partial charge in [0.25, 0.3) is 0 Å². The molecule has 4 nitrogen and oxygen atoms in total. The standard InChI is InChI=1S/C20H18F3NO3/c1-13(25)9-17-11-15-10-16(20(21,22)23)7-8-18(15)24(17)19(26)27-12-14-5-3-2-4-6-14/h2-8,10,17H,9,11-12H2,1H3/t17-/m0/s1. The lowest BCUT2D eigenvalue weighted by atomic mass is 10.0. The average Bonchev–Trinajstić information content (AvgIpc) is 2.96. The van der Waals surface area contributed by atoms with E-state index in [1.54, 1.807) is 12.1 Å². The van der Waals surface area contributed by atoms with Crippen LogP contribution in [-0.4, -0.2) is 17.9 Å². The number of carbonyl (C=O) groups excluding carboxylic acids is 2. The molecule has 0 aromatic heterocycles. The van der Waals surface area contributed by atoms with Crippen LogP contribution in [0, 0.1) is 0 Å². The predicted octanol–water partition coefficient (Wildman–Crippen LogP) is 4.75. The molecule has 0 fully saturated rings. The van der Waals surface area contributed by atoms with Gasteiger partial charge in [-0.3, -0.25) is 9.69 Å². The van der Waals surface area contributed by atoms with Gasteiger partial charge in [0.15, 0.2) is 0 Å². The fourth-order valence-corrected chi connectivity index (χ4v) is 3.23. The molecule has 1 amide bonds. The predicted molar refractivity (Wildman–Crippen MR) is 93.3 cm³/mol. The van der Waals surface area contributed by atoms with Gasteiger partial charge in [0, 0.05) is 6.42 Å². The first-order valence-corrected chi connectivity index (χ1v) is 8.45. The summed E-state index contributed by atoms with van der Waals surface area (Å²) in [5, 5.41) is 0. The van der Waals surface area contributed by atoms with Gasteiger partial charge in [-0.1, -0.05) is 30.3 Å². The quantitative estimate of drug-likeness (QED) is 0.772. The summed E-state index contributed by atoms with van der Waals surface area (Å²) < 4.78 is 44.2. The Bertz CT molecular complexity index is 849. The zero-order chi connectivity index (χ0) is 19.6. The van der Waals surface area contributed by atoms with Gasteiger partial charge < -0.3 is 4.74 Å². The molecular formula is C20H18F3NO3. The van der Waals surface area contributed by atoms with Crippen molar-refractivity contribution < 1.29 is 27.5 Å². The number of hydrogen-bond donors (Lipinski definition) is 0. The Morgan fingerprint density at radius 1 is 1.15 bits per heavy atom. The van der Waals surface area contributed by atoms with Crippen molar-refractivity contribution in [3.8, 4) is 0 Å². The highest BCUT2D eigenvalue weighted by Gasteiger charge is 2.38. The van der Waals surface area contributed by atoms with Crippen molar-refractivity contribution in [3.63, 3.8) is 0 Å². The SMILES string of the molecule is CC(=O)C[C@H]1Cc2cc(C(F)(F)F)ccc2N1C(=O)OCc1ccccc1. The number of Topliss-reactive ketones (excluding diaryl/α,β-unsaturated/α-hetero) is 1. The summed E-state index contributed by atoms with van der Waals surface area (Å²) in [5.74, 6) is -0.148. The average molecular weight is 377 g/mol. The van der Waals surface area contributed by atoms with Gasteiger partial charge in [-0.2, -0.15) is 13.2 Å². The van der Waals surface area contributed by atoms with Crippen molar-refractivity contribution in [2.45, 2.75) is 38.6 Å². The van der Waals surface area contributed by atoms with E-state index in [-0.39, 0.29) is 25.2 Å². The topological polar surface area (TPSA) is 46.6 Å². The number of halogens is 3. The third kappa shape index (κ3) is 4.30. The van der Waals surface area contributed by atoms with E-state index in [9.17, 15) is 22.8 Å². The molecule has 3 rings (SSSR count). The minimum Gasteiger partial charge on any atom is -0.444 e. The van der Waals surface area contributed by atoms with E-state index in [1.165, 1.54) is 17.9 Å². The maximum absolute atomic E-state index is 13.0. The van der Waals surface area contributed by atoms with Gasteiger partial charge in [-0.05, 0) is 42.7 Å². The molecule has 27 heavy (non-hydrogen) atoms. The van der Waals surface area contributed by atoms with Crippen LogP contribution in [0.25, 0.3) is 0 Å². The van der Waals surface area contributed by atoms with Gasteiger partial charge in [0.1, 0.15) is 12.4 Å². The molecule has 1 aliphatic heterocycles. The number of ether oxygens (including phenoxy) is 1. The molecule has 0 unspecified atom stereocenters. The minimum atomic E-state index is -4.47. The van der Waals surface area contributed by atoms with E-state index in [0.717, 1.165) is 17.7 Å². The second-order valence-electron chi connectivity index (χ2n) is 6.52. The molecule has 1 heterocycles. The maximum Gasteiger partial charge on any atom is 0.416 e. The largest absolute Gasteiger partial charge is 0.444 e. The normalized spacial score (nSPS) is 16.1. The summed E-state index contributed by atoms with van der Waals surface area (Å²) in [5.41, 5.74) is 0.753. The molecular weight excluding hydrogens is 359 g/mol. The Balaban J connectivity index is 1.84. The van der Waals surface area contributed by atoms with Crippen LogP contribution < -0.4 is 4.90 Å². The van der Waals surface area contributed by atoms with Crippen molar-refractivity contribution in [1.82, 2.24) is 0 Å². The number of anilines is 1. The van der Waals surface area contributed by atoms with Gasteiger partial charge in [-0.15, -0.1) is 0 Å². The zero-order valence-electron chi connectivity index (χ0n) is 14.6. The summed E-state index contributed by atoms with van der Waals surface area (Å²) in [7, 11) is 0. The van der Waals surface area contributed by atoms with Crippen LogP contribution in [0.4, 0.5) is 23.7 Å². The van der Waals surface area contributed by atoms with Crippen LogP contribution >= 0.6 is 0 Å². The highest BCUT2D eigenvalue weighted by atomic mass is 19.4. The molecule has 1 aliphatic rings. The third-order valence-corrected chi connectivity index (χ3v) is 4.41. The highest BCUT2D eigenvalue weighted by molar-refractivity contribution is 5.92. The first-order chi connectivity index (χ1) is 12.8. The van der Waals surface area contributed by atoms with Crippen LogP contribution in [-0.2, 0) is 28.7 Å². The lowest BCUT2D eigenvalue weighted by molar-refractivity contribution is -0.137. The number of fused-ring (bicyclic) bond motifs is 1. The second-order valence-corrected chi connectivity index (χ2v) is 6.52. The number of carbonyl (C=O) groups is 2. The van der Waals surface area contributed by atoms with Crippen molar-refractivity contribution in [3.05, 3.63) is 65.2 Å². The van der Waals surface area contributed by atoms with Gasteiger partial charge in [0.05, 0.1) is 17.3 Å². The van der Waals surface area contributed by atoms with E-state index in [2.05, 4.69) is 0 Å². The highest BCUT2D eigenvalue weighted by Crippen LogP contribution is 2.39. The first kappa shape index (κ1) is 18.9. The van der Waals surface area contributed by atoms with Crippen LogP contribution in [0.2, 0.25) is 0 Å². The van der Waals surface area contributed by atoms with Crippen LogP contribution in [0.5, 0.6) is 0 Å². The van der Waals surface area contributed by atoms with E-state index < -0.39 is 23.9 Å².